The van der Waals surface area contributed by atoms with Crippen LogP contribution in [0.5, 0.6) is 11.5 Å². The highest BCUT2D eigenvalue weighted by molar-refractivity contribution is 5.67. The standard InChI is InChI=1S/C14H21NO4/c1-9(7-14(16)17)15-10(2)11-5-6-12(18-3)13(8-11)19-4/h5-6,8-10,15H,7H2,1-4H3,(H,16,17). The van der Waals surface area contributed by atoms with Crippen molar-refractivity contribution in [1.29, 1.82) is 0 Å². The minimum absolute atomic E-state index is 0.0363. The molecule has 0 heterocycles. The highest BCUT2D eigenvalue weighted by atomic mass is 16.5. The van der Waals surface area contributed by atoms with E-state index in [2.05, 4.69) is 5.32 Å². The molecule has 0 amide bonds. The minimum Gasteiger partial charge on any atom is -0.493 e. The summed E-state index contributed by atoms with van der Waals surface area (Å²) in [4.78, 5) is 10.6. The van der Waals surface area contributed by atoms with Crippen LogP contribution in [0.15, 0.2) is 18.2 Å². The van der Waals surface area contributed by atoms with E-state index in [1.54, 1.807) is 14.2 Å². The van der Waals surface area contributed by atoms with Crippen LogP contribution in [0.2, 0.25) is 0 Å². The van der Waals surface area contributed by atoms with Crippen molar-refractivity contribution < 1.29 is 19.4 Å². The molecular formula is C14H21NO4. The van der Waals surface area contributed by atoms with Crippen molar-refractivity contribution in [3.8, 4) is 11.5 Å². The lowest BCUT2D eigenvalue weighted by molar-refractivity contribution is -0.137. The van der Waals surface area contributed by atoms with Crippen LogP contribution in [0.1, 0.15) is 31.9 Å². The van der Waals surface area contributed by atoms with Crippen molar-refractivity contribution in [1.82, 2.24) is 5.32 Å². The first-order chi connectivity index (χ1) is 8.97. The fourth-order valence-corrected chi connectivity index (χ4v) is 1.97. The van der Waals surface area contributed by atoms with E-state index in [1.807, 2.05) is 32.0 Å². The fourth-order valence-electron chi connectivity index (χ4n) is 1.97. The number of hydrogen-bond acceptors (Lipinski definition) is 4. The van der Waals surface area contributed by atoms with E-state index in [0.29, 0.717) is 11.5 Å². The van der Waals surface area contributed by atoms with Gasteiger partial charge >= 0.3 is 5.97 Å². The molecule has 106 valence electrons. The smallest absolute Gasteiger partial charge is 0.304 e. The summed E-state index contributed by atoms with van der Waals surface area (Å²) in [7, 11) is 3.18. The Bertz CT molecular complexity index is 433. The molecule has 0 spiro atoms. The molecular weight excluding hydrogens is 246 g/mol. The van der Waals surface area contributed by atoms with Crippen LogP contribution in [0.3, 0.4) is 0 Å². The van der Waals surface area contributed by atoms with Crippen LogP contribution in [0.4, 0.5) is 0 Å². The highest BCUT2D eigenvalue weighted by Crippen LogP contribution is 2.29. The zero-order chi connectivity index (χ0) is 14.4. The third-order valence-corrected chi connectivity index (χ3v) is 2.92. The lowest BCUT2D eigenvalue weighted by Crippen LogP contribution is -2.30. The number of rotatable bonds is 7. The molecule has 1 aromatic rings. The van der Waals surface area contributed by atoms with E-state index in [-0.39, 0.29) is 18.5 Å². The molecule has 0 aromatic heterocycles. The van der Waals surface area contributed by atoms with E-state index >= 15 is 0 Å². The van der Waals surface area contributed by atoms with Gasteiger partial charge in [0.2, 0.25) is 0 Å². The Kier molecular flexibility index (Phi) is 5.63. The lowest BCUT2D eigenvalue weighted by atomic mass is 10.1. The number of carboxylic acids is 1. The Morgan fingerprint density at radius 3 is 2.42 bits per heavy atom. The molecule has 1 rings (SSSR count). The molecule has 0 saturated carbocycles. The molecule has 5 nitrogen and oxygen atoms in total. The third-order valence-electron chi connectivity index (χ3n) is 2.92. The predicted octanol–water partition coefficient (Wildman–Crippen LogP) is 2.22. The minimum atomic E-state index is -0.806. The summed E-state index contributed by atoms with van der Waals surface area (Å²) >= 11 is 0. The molecule has 0 radical (unpaired) electrons. The number of hydrogen-bond donors (Lipinski definition) is 2. The zero-order valence-corrected chi connectivity index (χ0v) is 11.8. The molecule has 0 saturated heterocycles. The molecule has 19 heavy (non-hydrogen) atoms. The van der Waals surface area contributed by atoms with Gasteiger partial charge < -0.3 is 19.9 Å². The van der Waals surface area contributed by atoms with Gasteiger partial charge in [-0.3, -0.25) is 4.79 Å². The topological polar surface area (TPSA) is 67.8 Å². The monoisotopic (exact) mass is 267 g/mol. The van der Waals surface area contributed by atoms with Crippen LogP contribution in [0.25, 0.3) is 0 Å². The van der Waals surface area contributed by atoms with Crippen molar-refractivity contribution in [2.75, 3.05) is 14.2 Å². The van der Waals surface area contributed by atoms with Gasteiger partial charge in [0.1, 0.15) is 0 Å². The van der Waals surface area contributed by atoms with E-state index in [4.69, 9.17) is 14.6 Å². The van der Waals surface area contributed by atoms with Crippen molar-refractivity contribution in [2.24, 2.45) is 0 Å². The predicted molar refractivity (Wildman–Crippen MR) is 72.8 cm³/mol. The Morgan fingerprint density at radius 2 is 1.89 bits per heavy atom. The van der Waals surface area contributed by atoms with Gasteiger partial charge in [-0.1, -0.05) is 6.07 Å². The largest absolute Gasteiger partial charge is 0.493 e. The Morgan fingerprint density at radius 1 is 1.26 bits per heavy atom. The average Bonchev–Trinajstić information content (AvgIpc) is 2.36. The first-order valence-corrected chi connectivity index (χ1v) is 6.17. The molecule has 2 unspecified atom stereocenters. The first-order valence-electron chi connectivity index (χ1n) is 6.17. The molecule has 2 N–H and O–H groups in total. The van der Waals surface area contributed by atoms with E-state index in [9.17, 15) is 4.79 Å². The van der Waals surface area contributed by atoms with E-state index < -0.39 is 5.97 Å². The molecule has 5 heteroatoms. The maximum atomic E-state index is 10.6. The van der Waals surface area contributed by atoms with Crippen molar-refractivity contribution >= 4 is 5.97 Å². The van der Waals surface area contributed by atoms with Crippen LogP contribution in [-0.2, 0) is 4.79 Å². The molecule has 0 aliphatic rings. The summed E-state index contributed by atoms with van der Waals surface area (Å²) in [5.74, 6) is 0.538. The SMILES string of the molecule is COc1ccc(C(C)NC(C)CC(=O)O)cc1OC. The second kappa shape index (κ2) is 6.99. The van der Waals surface area contributed by atoms with Crippen LogP contribution >= 0.6 is 0 Å². The molecule has 1 aromatic carbocycles. The molecule has 2 atom stereocenters. The van der Waals surface area contributed by atoms with Gasteiger partial charge in [0.05, 0.1) is 20.6 Å². The fraction of sp³-hybridized carbons (Fsp3) is 0.500. The molecule has 0 bridgehead atoms. The third kappa shape index (κ3) is 4.44. The van der Waals surface area contributed by atoms with Crippen LogP contribution < -0.4 is 14.8 Å². The number of ether oxygens (including phenoxy) is 2. The molecule has 0 aliphatic carbocycles. The van der Waals surface area contributed by atoms with Gasteiger partial charge in [-0.15, -0.1) is 0 Å². The van der Waals surface area contributed by atoms with Gasteiger partial charge in [0.15, 0.2) is 11.5 Å². The summed E-state index contributed by atoms with van der Waals surface area (Å²) in [6.07, 6.45) is 0.0949. The van der Waals surface area contributed by atoms with Gasteiger partial charge in [-0.05, 0) is 31.5 Å². The summed E-state index contributed by atoms with van der Waals surface area (Å²) in [6, 6.07) is 5.61. The summed E-state index contributed by atoms with van der Waals surface area (Å²) in [5, 5.41) is 12.0. The Balaban J connectivity index is 2.76. The number of carbonyl (C=O) groups is 1. The van der Waals surface area contributed by atoms with Crippen LogP contribution in [0, 0.1) is 0 Å². The average molecular weight is 267 g/mol. The van der Waals surface area contributed by atoms with E-state index in [0.717, 1.165) is 5.56 Å². The highest BCUT2D eigenvalue weighted by Gasteiger charge is 2.14. The van der Waals surface area contributed by atoms with Gasteiger partial charge in [0, 0.05) is 12.1 Å². The molecule has 0 fully saturated rings. The summed E-state index contributed by atoms with van der Waals surface area (Å²) < 4.78 is 10.4. The second-order valence-electron chi connectivity index (χ2n) is 4.50. The number of benzene rings is 1. The van der Waals surface area contributed by atoms with Gasteiger partial charge in [-0.25, -0.2) is 0 Å². The van der Waals surface area contributed by atoms with Crippen LogP contribution in [-0.4, -0.2) is 31.3 Å². The number of methoxy groups -OCH3 is 2. The normalized spacial score (nSPS) is 13.7. The Hall–Kier alpha value is -1.75. The number of aliphatic carboxylic acids is 1. The van der Waals surface area contributed by atoms with Crippen molar-refractivity contribution in [3.05, 3.63) is 23.8 Å². The summed E-state index contributed by atoms with van der Waals surface area (Å²) in [6.45, 7) is 3.84. The lowest BCUT2D eigenvalue weighted by Gasteiger charge is -2.20. The number of nitrogens with one attached hydrogen (secondary N) is 1. The first kappa shape index (κ1) is 15.3. The Labute approximate surface area is 113 Å². The zero-order valence-electron chi connectivity index (χ0n) is 11.8. The maximum Gasteiger partial charge on any atom is 0.304 e. The quantitative estimate of drug-likeness (QED) is 0.793. The number of carboxylic acid groups (broad SMARTS) is 1. The van der Waals surface area contributed by atoms with E-state index in [1.165, 1.54) is 0 Å². The van der Waals surface area contributed by atoms with Gasteiger partial charge in [-0.2, -0.15) is 0 Å². The summed E-state index contributed by atoms with van der Waals surface area (Å²) in [5.41, 5.74) is 1.02. The van der Waals surface area contributed by atoms with Crippen molar-refractivity contribution in [3.63, 3.8) is 0 Å². The van der Waals surface area contributed by atoms with Crippen molar-refractivity contribution in [2.45, 2.75) is 32.4 Å². The second-order valence-corrected chi connectivity index (χ2v) is 4.50. The molecule has 0 aliphatic heterocycles. The van der Waals surface area contributed by atoms with Gasteiger partial charge in [0.25, 0.3) is 0 Å². The maximum absolute atomic E-state index is 10.6.